The van der Waals surface area contributed by atoms with Crippen LogP contribution in [0.3, 0.4) is 0 Å². The minimum atomic E-state index is 0.614. The topological polar surface area (TPSA) is 32.6 Å². The van der Waals surface area contributed by atoms with Crippen molar-refractivity contribution < 1.29 is 5.21 Å². The van der Waals surface area contributed by atoms with Crippen molar-refractivity contribution in [1.82, 2.24) is 0 Å². The van der Waals surface area contributed by atoms with Crippen LogP contribution in [0, 0.1) is 6.92 Å². The Bertz CT molecular complexity index is 564. The van der Waals surface area contributed by atoms with Gasteiger partial charge in [-0.1, -0.05) is 47.1 Å². The average Bonchev–Trinajstić information content (AvgIpc) is 2.41. The van der Waals surface area contributed by atoms with Gasteiger partial charge in [0, 0.05) is 16.0 Å². The number of benzene rings is 2. The molecule has 0 aliphatic heterocycles. The molecule has 1 N–H and O–H groups in total. The number of aryl methyl sites for hydroxylation is 1. The molecule has 0 atom stereocenters. The van der Waals surface area contributed by atoms with Crippen LogP contribution < -0.4 is 0 Å². The summed E-state index contributed by atoms with van der Waals surface area (Å²) in [5.41, 5.74) is 3.65. The van der Waals surface area contributed by atoms with Gasteiger partial charge in [-0.05, 0) is 25.3 Å². The lowest BCUT2D eigenvalue weighted by Gasteiger charge is -2.10. The third kappa shape index (κ3) is 2.57. The van der Waals surface area contributed by atoms with E-state index >= 15 is 0 Å². The van der Waals surface area contributed by atoms with Gasteiger partial charge in [-0.25, -0.2) is 0 Å². The molecule has 0 bridgehead atoms. The molecule has 2 aromatic rings. The first-order chi connectivity index (χ1) is 8.76. The summed E-state index contributed by atoms with van der Waals surface area (Å²) in [6.45, 7) is 2.04. The zero-order valence-electron chi connectivity index (χ0n) is 10.4. The molecule has 18 heavy (non-hydrogen) atoms. The van der Waals surface area contributed by atoms with E-state index in [2.05, 4.69) is 17.3 Å². The Morgan fingerprint density at radius 1 is 1.11 bits per heavy atom. The fraction of sp³-hybridized carbons (Fsp3) is 0.133. The maximum atomic E-state index is 9.32. The second-order valence-corrected chi connectivity index (χ2v) is 4.87. The van der Waals surface area contributed by atoms with Gasteiger partial charge in [0.2, 0.25) is 0 Å². The minimum absolute atomic E-state index is 0.614. The lowest BCUT2D eigenvalue weighted by molar-refractivity contribution is 0.319. The van der Waals surface area contributed by atoms with Gasteiger partial charge in [0.15, 0.2) is 0 Å². The molecule has 92 valence electrons. The molecular weight excluding hydrogens is 242 g/mol. The highest BCUT2D eigenvalue weighted by Crippen LogP contribution is 2.24. The summed E-state index contributed by atoms with van der Waals surface area (Å²) in [5, 5.41) is 12.8. The summed E-state index contributed by atoms with van der Waals surface area (Å²) in [7, 11) is 0. The Kier molecular flexibility index (Phi) is 4.05. The Morgan fingerprint density at radius 3 is 2.44 bits per heavy atom. The highest BCUT2D eigenvalue weighted by Gasteiger charge is 2.12. The SMILES string of the molecule is CSc1ccc(C)cc1/C(=N/O)c1ccccc1. The van der Waals surface area contributed by atoms with E-state index in [0.29, 0.717) is 5.71 Å². The van der Waals surface area contributed by atoms with Gasteiger partial charge in [0.25, 0.3) is 0 Å². The molecule has 0 aliphatic carbocycles. The minimum Gasteiger partial charge on any atom is -0.410 e. The molecule has 0 saturated carbocycles. The van der Waals surface area contributed by atoms with Crippen LogP contribution in [-0.4, -0.2) is 17.2 Å². The first kappa shape index (κ1) is 12.7. The van der Waals surface area contributed by atoms with Gasteiger partial charge in [-0.2, -0.15) is 0 Å². The number of rotatable bonds is 3. The summed E-state index contributed by atoms with van der Waals surface area (Å²) in [6, 6.07) is 15.9. The first-order valence-electron chi connectivity index (χ1n) is 5.68. The van der Waals surface area contributed by atoms with Gasteiger partial charge in [-0.3, -0.25) is 0 Å². The third-order valence-corrected chi connectivity index (χ3v) is 3.55. The summed E-state index contributed by atoms with van der Waals surface area (Å²) in [6.07, 6.45) is 2.02. The maximum Gasteiger partial charge on any atom is 0.118 e. The summed E-state index contributed by atoms with van der Waals surface area (Å²) >= 11 is 1.65. The average molecular weight is 257 g/mol. The number of nitrogens with zero attached hydrogens (tertiary/aromatic N) is 1. The van der Waals surface area contributed by atoms with Crippen molar-refractivity contribution in [2.45, 2.75) is 11.8 Å². The van der Waals surface area contributed by atoms with Crippen molar-refractivity contribution in [3.63, 3.8) is 0 Å². The molecule has 0 unspecified atom stereocenters. The molecule has 0 aromatic heterocycles. The van der Waals surface area contributed by atoms with Gasteiger partial charge >= 0.3 is 0 Å². The van der Waals surface area contributed by atoms with Gasteiger partial charge in [-0.15, -0.1) is 11.8 Å². The molecule has 2 aromatic carbocycles. The predicted octanol–water partition coefficient (Wildman–Crippen LogP) is 3.94. The highest BCUT2D eigenvalue weighted by atomic mass is 32.2. The second kappa shape index (κ2) is 5.74. The van der Waals surface area contributed by atoms with E-state index in [9.17, 15) is 5.21 Å². The third-order valence-electron chi connectivity index (χ3n) is 2.76. The molecule has 0 aliphatic rings. The van der Waals surface area contributed by atoms with Crippen LogP contribution in [0.1, 0.15) is 16.7 Å². The van der Waals surface area contributed by atoms with Crippen molar-refractivity contribution in [3.8, 4) is 0 Å². The van der Waals surface area contributed by atoms with Gasteiger partial charge < -0.3 is 5.21 Å². The fourth-order valence-corrected chi connectivity index (χ4v) is 2.45. The lowest BCUT2D eigenvalue weighted by atomic mass is 10.0. The van der Waals surface area contributed by atoms with E-state index < -0.39 is 0 Å². The smallest absolute Gasteiger partial charge is 0.118 e. The molecular formula is C15H15NOS. The molecule has 2 nitrogen and oxygen atoms in total. The zero-order valence-corrected chi connectivity index (χ0v) is 11.2. The number of hydrogen-bond donors (Lipinski definition) is 1. The lowest BCUT2D eigenvalue weighted by Crippen LogP contribution is -2.05. The molecule has 2 rings (SSSR count). The van der Waals surface area contributed by atoms with Gasteiger partial charge in [0.1, 0.15) is 5.71 Å². The quantitative estimate of drug-likeness (QED) is 0.391. The largest absolute Gasteiger partial charge is 0.410 e. The van der Waals surface area contributed by atoms with Crippen LogP contribution in [0.4, 0.5) is 0 Å². The number of oxime groups is 1. The van der Waals surface area contributed by atoms with Crippen molar-refractivity contribution in [2.24, 2.45) is 5.16 Å². The van der Waals surface area contributed by atoms with E-state index in [1.54, 1.807) is 11.8 Å². The van der Waals surface area contributed by atoms with E-state index in [-0.39, 0.29) is 0 Å². The van der Waals surface area contributed by atoms with Crippen LogP contribution >= 0.6 is 11.8 Å². The first-order valence-corrected chi connectivity index (χ1v) is 6.91. The number of thioether (sulfide) groups is 1. The van der Waals surface area contributed by atoms with Crippen LogP contribution in [0.5, 0.6) is 0 Å². The van der Waals surface area contributed by atoms with Crippen LogP contribution in [-0.2, 0) is 0 Å². The molecule has 0 amide bonds. The Morgan fingerprint density at radius 2 is 1.83 bits per heavy atom. The zero-order chi connectivity index (χ0) is 13.0. The van der Waals surface area contributed by atoms with Crippen molar-refractivity contribution in [1.29, 1.82) is 0 Å². The van der Waals surface area contributed by atoms with Gasteiger partial charge in [0.05, 0.1) is 0 Å². The van der Waals surface area contributed by atoms with Crippen LogP contribution in [0.2, 0.25) is 0 Å². The Labute approximate surface area is 111 Å². The number of hydrogen-bond acceptors (Lipinski definition) is 3. The van der Waals surface area contributed by atoms with Crippen LogP contribution in [0.25, 0.3) is 0 Å². The monoisotopic (exact) mass is 257 g/mol. The molecule has 0 fully saturated rings. The second-order valence-electron chi connectivity index (χ2n) is 4.02. The van der Waals surface area contributed by atoms with Crippen molar-refractivity contribution in [3.05, 3.63) is 65.2 Å². The normalized spacial score (nSPS) is 11.6. The van der Waals surface area contributed by atoms with E-state index in [4.69, 9.17) is 0 Å². The Hall–Kier alpha value is -1.74. The summed E-state index contributed by atoms with van der Waals surface area (Å²) in [4.78, 5) is 1.11. The van der Waals surface area contributed by atoms with Crippen molar-refractivity contribution in [2.75, 3.05) is 6.26 Å². The Balaban J connectivity index is 2.56. The molecule has 0 heterocycles. The predicted molar refractivity (Wildman–Crippen MR) is 76.8 cm³/mol. The molecule has 0 radical (unpaired) electrons. The van der Waals surface area contributed by atoms with E-state index in [1.165, 1.54) is 0 Å². The molecule has 0 saturated heterocycles. The van der Waals surface area contributed by atoms with E-state index in [1.807, 2.05) is 49.6 Å². The molecule has 0 spiro atoms. The van der Waals surface area contributed by atoms with Crippen molar-refractivity contribution >= 4 is 17.5 Å². The summed E-state index contributed by atoms with van der Waals surface area (Å²) in [5.74, 6) is 0. The highest BCUT2D eigenvalue weighted by molar-refractivity contribution is 7.98. The maximum absolute atomic E-state index is 9.32. The summed E-state index contributed by atoms with van der Waals surface area (Å²) < 4.78 is 0. The van der Waals surface area contributed by atoms with Crippen LogP contribution in [0.15, 0.2) is 58.6 Å². The molecule has 3 heteroatoms. The fourth-order valence-electron chi connectivity index (χ4n) is 1.87. The van der Waals surface area contributed by atoms with E-state index in [0.717, 1.165) is 21.6 Å². The standard InChI is InChI=1S/C15H15NOS/c1-11-8-9-14(18-2)13(10-11)15(16-17)12-6-4-3-5-7-12/h3-10,17H,1-2H3/b16-15+.